The number of carboxylic acids is 1. The van der Waals surface area contributed by atoms with Gasteiger partial charge in [0.1, 0.15) is 0 Å². The summed E-state index contributed by atoms with van der Waals surface area (Å²) in [4.78, 5) is 15.3. The lowest BCUT2D eigenvalue weighted by molar-refractivity contribution is 0.0698. The molecule has 3 rings (SSSR count). The van der Waals surface area contributed by atoms with Crippen molar-refractivity contribution in [2.75, 3.05) is 5.32 Å². The van der Waals surface area contributed by atoms with Crippen molar-refractivity contribution >= 4 is 17.3 Å². The summed E-state index contributed by atoms with van der Waals surface area (Å²) in [6.07, 6.45) is 2.96. The molecule has 0 radical (unpaired) electrons. The molecule has 0 fully saturated rings. The number of pyridine rings is 1. The van der Waals surface area contributed by atoms with Crippen molar-refractivity contribution in [1.29, 1.82) is 0 Å². The largest absolute Gasteiger partial charge is 0.478 e. The number of aromatic carboxylic acids is 1. The van der Waals surface area contributed by atoms with Crippen LogP contribution in [0.4, 0.5) is 11.4 Å². The SMILES string of the molecule is Cc1nn(-c2ccccc2)c(C)c1Nc1cnccc1C(=O)O. The summed E-state index contributed by atoms with van der Waals surface area (Å²) >= 11 is 0. The van der Waals surface area contributed by atoms with E-state index in [1.807, 2.05) is 48.9 Å². The Labute approximate surface area is 133 Å². The second kappa shape index (κ2) is 5.92. The number of aromatic nitrogens is 3. The molecule has 0 saturated heterocycles. The highest BCUT2D eigenvalue weighted by Crippen LogP contribution is 2.27. The third kappa shape index (κ3) is 2.78. The van der Waals surface area contributed by atoms with Gasteiger partial charge in [-0.15, -0.1) is 0 Å². The molecule has 3 aromatic rings. The lowest BCUT2D eigenvalue weighted by Crippen LogP contribution is -2.04. The highest BCUT2D eigenvalue weighted by Gasteiger charge is 2.16. The number of hydrogen-bond donors (Lipinski definition) is 2. The minimum Gasteiger partial charge on any atom is -0.478 e. The first-order valence-corrected chi connectivity index (χ1v) is 7.14. The number of para-hydroxylation sites is 1. The molecule has 116 valence electrons. The molecule has 0 unspecified atom stereocenters. The lowest BCUT2D eigenvalue weighted by atomic mass is 10.2. The van der Waals surface area contributed by atoms with E-state index in [1.165, 1.54) is 18.5 Å². The van der Waals surface area contributed by atoms with Crippen LogP contribution in [0.25, 0.3) is 5.69 Å². The van der Waals surface area contributed by atoms with Gasteiger partial charge in [-0.05, 0) is 32.0 Å². The number of rotatable bonds is 4. The fourth-order valence-electron chi connectivity index (χ4n) is 2.46. The molecule has 0 atom stereocenters. The van der Waals surface area contributed by atoms with Crippen LogP contribution in [0.1, 0.15) is 21.7 Å². The highest BCUT2D eigenvalue weighted by atomic mass is 16.4. The van der Waals surface area contributed by atoms with Gasteiger partial charge in [-0.1, -0.05) is 18.2 Å². The van der Waals surface area contributed by atoms with Gasteiger partial charge in [0.15, 0.2) is 0 Å². The van der Waals surface area contributed by atoms with Crippen molar-refractivity contribution in [2.45, 2.75) is 13.8 Å². The molecular weight excluding hydrogens is 292 g/mol. The lowest BCUT2D eigenvalue weighted by Gasteiger charge is -2.10. The fraction of sp³-hybridized carbons (Fsp3) is 0.118. The Morgan fingerprint density at radius 3 is 2.61 bits per heavy atom. The number of anilines is 2. The van der Waals surface area contributed by atoms with E-state index < -0.39 is 5.97 Å². The van der Waals surface area contributed by atoms with Crippen LogP contribution in [0.2, 0.25) is 0 Å². The quantitative estimate of drug-likeness (QED) is 0.773. The van der Waals surface area contributed by atoms with Crippen molar-refractivity contribution in [1.82, 2.24) is 14.8 Å². The normalized spacial score (nSPS) is 10.5. The van der Waals surface area contributed by atoms with Crippen LogP contribution < -0.4 is 5.32 Å². The van der Waals surface area contributed by atoms with Crippen LogP contribution in [0, 0.1) is 13.8 Å². The van der Waals surface area contributed by atoms with E-state index in [2.05, 4.69) is 15.4 Å². The maximum absolute atomic E-state index is 11.3. The van der Waals surface area contributed by atoms with E-state index in [1.54, 1.807) is 0 Å². The summed E-state index contributed by atoms with van der Waals surface area (Å²) in [7, 11) is 0. The highest BCUT2D eigenvalue weighted by molar-refractivity contribution is 5.95. The fourth-order valence-corrected chi connectivity index (χ4v) is 2.46. The minimum atomic E-state index is -0.999. The zero-order chi connectivity index (χ0) is 16.4. The van der Waals surface area contributed by atoms with Crippen LogP contribution >= 0.6 is 0 Å². The third-order valence-electron chi connectivity index (χ3n) is 3.60. The predicted octanol–water partition coefficient (Wildman–Crippen LogP) is 3.33. The zero-order valence-electron chi connectivity index (χ0n) is 12.8. The summed E-state index contributed by atoms with van der Waals surface area (Å²) in [5, 5.41) is 17.0. The first-order valence-electron chi connectivity index (χ1n) is 7.14. The topological polar surface area (TPSA) is 80.0 Å². The van der Waals surface area contributed by atoms with Crippen molar-refractivity contribution in [3.63, 3.8) is 0 Å². The van der Waals surface area contributed by atoms with Crippen molar-refractivity contribution in [2.24, 2.45) is 0 Å². The molecule has 0 bridgehead atoms. The molecule has 6 nitrogen and oxygen atoms in total. The Kier molecular flexibility index (Phi) is 3.80. The summed E-state index contributed by atoms with van der Waals surface area (Å²) in [5.74, 6) is -0.999. The second-order valence-electron chi connectivity index (χ2n) is 5.14. The molecule has 0 aliphatic carbocycles. The van der Waals surface area contributed by atoms with Crippen LogP contribution in [0.3, 0.4) is 0 Å². The van der Waals surface area contributed by atoms with Crippen LogP contribution in [-0.4, -0.2) is 25.8 Å². The molecule has 2 heterocycles. The molecule has 1 aromatic carbocycles. The van der Waals surface area contributed by atoms with E-state index in [0.717, 1.165) is 22.8 Å². The van der Waals surface area contributed by atoms with Gasteiger partial charge in [-0.25, -0.2) is 9.48 Å². The van der Waals surface area contributed by atoms with Gasteiger partial charge in [-0.3, -0.25) is 4.98 Å². The Morgan fingerprint density at radius 2 is 1.91 bits per heavy atom. The average Bonchev–Trinajstić information content (AvgIpc) is 2.84. The number of carbonyl (C=O) groups is 1. The van der Waals surface area contributed by atoms with Crippen LogP contribution in [-0.2, 0) is 0 Å². The van der Waals surface area contributed by atoms with E-state index in [-0.39, 0.29) is 5.56 Å². The Hall–Kier alpha value is -3.15. The minimum absolute atomic E-state index is 0.172. The number of carboxylic acid groups (broad SMARTS) is 1. The number of nitrogens with one attached hydrogen (secondary N) is 1. The Balaban J connectivity index is 2.03. The summed E-state index contributed by atoms with van der Waals surface area (Å²) in [6, 6.07) is 11.2. The van der Waals surface area contributed by atoms with E-state index in [4.69, 9.17) is 0 Å². The molecule has 2 aromatic heterocycles. The average molecular weight is 308 g/mol. The van der Waals surface area contributed by atoms with E-state index in [9.17, 15) is 9.90 Å². The Morgan fingerprint density at radius 1 is 1.17 bits per heavy atom. The standard InChI is InChI=1S/C17H16N4O2/c1-11-16(19-15-10-18-9-8-14(15)17(22)23)12(2)21(20-11)13-6-4-3-5-7-13/h3-10,19H,1-2H3,(H,22,23). The molecule has 2 N–H and O–H groups in total. The Bertz CT molecular complexity index is 856. The van der Waals surface area contributed by atoms with Gasteiger partial charge in [0.05, 0.1) is 40.2 Å². The maximum Gasteiger partial charge on any atom is 0.337 e. The molecule has 6 heteroatoms. The second-order valence-corrected chi connectivity index (χ2v) is 5.14. The first-order chi connectivity index (χ1) is 11.1. The molecule has 0 amide bonds. The summed E-state index contributed by atoms with van der Waals surface area (Å²) < 4.78 is 1.83. The molecule has 23 heavy (non-hydrogen) atoms. The molecule has 0 aliphatic heterocycles. The van der Waals surface area contributed by atoms with Crippen molar-refractivity contribution < 1.29 is 9.90 Å². The van der Waals surface area contributed by atoms with Gasteiger partial charge < -0.3 is 10.4 Å². The third-order valence-corrected chi connectivity index (χ3v) is 3.60. The maximum atomic E-state index is 11.3. The number of aryl methyl sites for hydroxylation is 1. The van der Waals surface area contributed by atoms with Gasteiger partial charge in [-0.2, -0.15) is 5.10 Å². The number of hydrogen-bond acceptors (Lipinski definition) is 4. The van der Waals surface area contributed by atoms with Gasteiger partial charge >= 0.3 is 5.97 Å². The summed E-state index contributed by atoms with van der Waals surface area (Å²) in [6.45, 7) is 3.82. The molecular formula is C17H16N4O2. The monoisotopic (exact) mass is 308 g/mol. The van der Waals surface area contributed by atoms with Gasteiger partial charge in [0, 0.05) is 6.20 Å². The van der Waals surface area contributed by atoms with Crippen LogP contribution in [0.15, 0.2) is 48.8 Å². The summed E-state index contributed by atoms with van der Waals surface area (Å²) in [5.41, 5.74) is 4.03. The van der Waals surface area contributed by atoms with Crippen molar-refractivity contribution in [3.05, 3.63) is 65.7 Å². The van der Waals surface area contributed by atoms with E-state index >= 15 is 0 Å². The predicted molar refractivity (Wildman–Crippen MR) is 87.5 cm³/mol. The van der Waals surface area contributed by atoms with E-state index in [0.29, 0.717) is 5.69 Å². The smallest absolute Gasteiger partial charge is 0.337 e. The molecule has 0 aliphatic rings. The first kappa shape index (κ1) is 14.8. The number of benzene rings is 1. The van der Waals surface area contributed by atoms with Gasteiger partial charge in [0.25, 0.3) is 0 Å². The van der Waals surface area contributed by atoms with Crippen LogP contribution in [0.5, 0.6) is 0 Å². The zero-order valence-corrected chi connectivity index (χ0v) is 12.8. The van der Waals surface area contributed by atoms with Crippen molar-refractivity contribution in [3.8, 4) is 5.69 Å². The van der Waals surface area contributed by atoms with Gasteiger partial charge in [0.2, 0.25) is 0 Å². The molecule has 0 saturated carbocycles. The molecule has 0 spiro atoms. The number of nitrogens with zero attached hydrogens (tertiary/aromatic N) is 3.